The van der Waals surface area contributed by atoms with E-state index in [4.69, 9.17) is 14.2 Å². The molecule has 6 nitrogen and oxygen atoms in total. The molecule has 0 spiro atoms. The zero-order chi connectivity index (χ0) is 53.6. The highest BCUT2D eigenvalue weighted by Gasteiger charge is 2.19. The highest BCUT2D eigenvalue weighted by molar-refractivity contribution is 5.71. The lowest BCUT2D eigenvalue weighted by Gasteiger charge is -2.18. The zero-order valence-corrected chi connectivity index (χ0v) is 50.4. The summed E-state index contributed by atoms with van der Waals surface area (Å²) in [5, 5.41) is 0. The first-order valence-corrected chi connectivity index (χ1v) is 33.7. The Morgan fingerprint density at radius 3 is 0.676 bits per heavy atom. The lowest BCUT2D eigenvalue weighted by molar-refractivity contribution is -0.167. The van der Waals surface area contributed by atoms with E-state index in [0.717, 1.165) is 64.2 Å². The van der Waals surface area contributed by atoms with Gasteiger partial charge in [-0.25, -0.2) is 0 Å². The van der Waals surface area contributed by atoms with E-state index in [9.17, 15) is 14.4 Å². The molecule has 1 atom stereocenters. The summed E-state index contributed by atoms with van der Waals surface area (Å²) in [6.07, 6.45) is 75.7. The van der Waals surface area contributed by atoms with Gasteiger partial charge >= 0.3 is 17.9 Å². The minimum Gasteiger partial charge on any atom is -0.462 e. The van der Waals surface area contributed by atoms with Gasteiger partial charge in [0.05, 0.1) is 0 Å². The Bertz CT molecular complexity index is 1150. The first kappa shape index (κ1) is 72.2. The molecule has 0 amide bonds. The van der Waals surface area contributed by atoms with E-state index in [-0.39, 0.29) is 31.1 Å². The number of ether oxygens (including phenoxy) is 3. The van der Waals surface area contributed by atoms with E-state index in [2.05, 4.69) is 32.9 Å². The standard InChI is InChI=1S/C68H130O6/c1-4-7-10-13-16-19-21-23-25-26-27-28-29-30-31-32-33-34-35-36-37-38-39-40-41-42-43-44-46-47-49-52-55-58-61-67(70)73-64-65(63-72-66(69)60-57-54-51-18-15-12-9-6-3)74-68(71)62-59-56-53-50-48-45-24-22-20-17-14-11-8-5-2/h22,24,65H,4-21,23,25-64H2,1-3H3/b24-22-. The maximum Gasteiger partial charge on any atom is 0.306 e. The minimum absolute atomic E-state index is 0.0679. The van der Waals surface area contributed by atoms with Gasteiger partial charge in [-0.1, -0.05) is 335 Å². The van der Waals surface area contributed by atoms with Crippen molar-refractivity contribution in [1.29, 1.82) is 0 Å². The highest BCUT2D eigenvalue weighted by atomic mass is 16.6. The zero-order valence-electron chi connectivity index (χ0n) is 50.4. The van der Waals surface area contributed by atoms with E-state index < -0.39 is 6.10 Å². The van der Waals surface area contributed by atoms with Gasteiger partial charge in [0.15, 0.2) is 6.10 Å². The predicted octanol–water partition coefficient (Wildman–Crippen LogP) is 22.8. The quantitative estimate of drug-likeness (QED) is 0.0261. The van der Waals surface area contributed by atoms with Crippen LogP contribution in [0.5, 0.6) is 0 Å². The average molecular weight is 1040 g/mol. The van der Waals surface area contributed by atoms with Crippen molar-refractivity contribution in [3.8, 4) is 0 Å². The molecule has 1 unspecified atom stereocenters. The van der Waals surface area contributed by atoms with Crippen LogP contribution in [-0.4, -0.2) is 37.2 Å². The summed E-state index contributed by atoms with van der Waals surface area (Å²) in [6, 6.07) is 0. The molecule has 0 rings (SSSR count). The van der Waals surface area contributed by atoms with Gasteiger partial charge in [-0.05, 0) is 44.9 Å². The molecule has 0 aliphatic heterocycles. The van der Waals surface area contributed by atoms with Crippen molar-refractivity contribution in [2.45, 2.75) is 393 Å². The summed E-state index contributed by atoms with van der Waals surface area (Å²) in [7, 11) is 0. The molecule has 0 fully saturated rings. The summed E-state index contributed by atoms with van der Waals surface area (Å²) in [6.45, 7) is 6.66. The Kier molecular flexibility index (Phi) is 62.1. The van der Waals surface area contributed by atoms with Crippen molar-refractivity contribution in [3.05, 3.63) is 12.2 Å². The Morgan fingerprint density at radius 2 is 0.446 bits per heavy atom. The van der Waals surface area contributed by atoms with Crippen molar-refractivity contribution in [2.75, 3.05) is 13.2 Å². The number of carbonyl (C=O) groups excluding carboxylic acids is 3. The van der Waals surface area contributed by atoms with Gasteiger partial charge in [-0.3, -0.25) is 14.4 Å². The van der Waals surface area contributed by atoms with Crippen LogP contribution in [0.25, 0.3) is 0 Å². The van der Waals surface area contributed by atoms with Crippen molar-refractivity contribution in [3.63, 3.8) is 0 Å². The van der Waals surface area contributed by atoms with Crippen LogP contribution in [0.1, 0.15) is 387 Å². The minimum atomic E-state index is -0.768. The summed E-state index contributed by atoms with van der Waals surface area (Å²) in [5.41, 5.74) is 0. The fourth-order valence-electron chi connectivity index (χ4n) is 10.4. The third-order valence-electron chi connectivity index (χ3n) is 15.5. The van der Waals surface area contributed by atoms with Gasteiger partial charge in [0, 0.05) is 19.3 Å². The Morgan fingerprint density at radius 1 is 0.257 bits per heavy atom. The van der Waals surface area contributed by atoms with Crippen LogP contribution in [-0.2, 0) is 28.6 Å². The van der Waals surface area contributed by atoms with Crippen molar-refractivity contribution in [1.82, 2.24) is 0 Å². The summed E-state index contributed by atoms with van der Waals surface area (Å²) < 4.78 is 16.8. The fourth-order valence-corrected chi connectivity index (χ4v) is 10.4. The monoisotopic (exact) mass is 1040 g/mol. The lowest BCUT2D eigenvalue weighted by Crippen LogP contribution is -2.30. The largest absolute Gasteiger partial charge is 0.462 e. The summed E-state index contributed by atoms with van der Waals surface area (Å²) in [4.78, 5) is 38.0. The molecular formula is C68H130O6. The molecule has 0 aromatic rings. The van der Waals surface area contributed by atoms with E-state index in [0.29, 0.717) is 19.3 Å². The van der Waals surface area contributed by atoms with Gasteiger partial charge in [0.25, 0.3) is 0 Å². The summed E-state index contributed by atoms with van der Waals surface area (Å²) in [5.74, 6) is -0.857. The number of hydrogen-bond acceptors (Lipinski definition) is 6. The van der Waals surface area contributed by atoms with Gasteiger partial charge < -0.3 is 14.2 Å². The van der Waals surface area contributed by atoms with E-state index in [1.165, 1.54) is 283 Å². The second-order valence-corrected chi connectivity index (χ2v) is 23.1. The Balaban J connectivity index is 3.91. The molecule has 0 bridgehead atoms. The smallest absolute Gasteiger partial charge is 0.306 e. The molecular weight excluding hydrogens is 913 g/mol. The Labute approximate surface area is 462 Å². The second kappa shape index (κ2) is 63.7. The van der Waals surface area contributed by atoms with Crippen LogP contribution in [0, 0.1) is 0 Å². The molecule has 438 valence electrons. The number of carbonyl (C=O) groups is 3. The third-order valence-corrected chi connectivity index (χ3v) is 15.5. The third kappa shape index (κ3) is 61.0. The molecule has 74 heavy (non-hydrogen) atoms. The van der Waals surface area contributed by atoms with E-state index in [1.54, 1.807) is 0 Å². The molecule has 0 N–H and O–H groups in total. The normalized spacial score (nSPS) is 12.0. The molecule has 0 radical (unpaired) electrons. The number of rotatable bonds is 63. The van der Waals surface area contributed by atoms with Crippen LogP contribution in [0.2, 0.25) is 0 Å². The van der Waals surface area contributed by atoms with Crippen molar-refractivity contribution < 1.29 is 28.6 Å². The summed E-state index contributed by atoms with van der Waals surface area (Å²) >= 11 is 0. The maximum atomic E-state index is 12.8. The van der Waals surface area contributed by atoms with Crippen LogP contribution < -0.4 is 0 Å². The molecule has 0 aliphatic rings. The molecule has 0 saturated carbocycles. The number of hydrogen-bond donors (Lipinski definition) is 0. The molecule has 0 aliphatic carbocycles. The maximum absolute atomic E-state index is 12.8. The SMILES string of the molecule is CCCCCCC/C=C\CCCCCCCC(=O)OC(COC(=O)CCCCCCCCCC)COC(=O)CCCCCCCCCCCCCCCCCCCCCCCCCCCCCCCCCCCC. The predicted molar refractivity (Wildman–Crippen MR) is 321 cm³/mol. The molecule has 0 heterocycles. The first-order valence-electron chi connectivity index (χ1n) is 33.7. The van der Waals surface area contributed by atoms with Crippen molar-refractivity contribution >= 4 is 17.9 Å². The van der Waals surface area contributed by atoms with E-state index >= 15 is 0 Å². The van der Waals surface area contributed by atoms with Crippen LogP contribution in [0.4, 0.5) is 0 Å². The average Bonchev–Trinajstić information content (AvgIpc) is 3.40. The molecule has 6 heteroatoms. The first-order chi connectivity index (χ1) is 36.5. The van der Waals surface area contributed by atoms with Crippen LogP contribution >= 0.6 is 0 Å². The number of esters is 3. The molecule has 0 saturated heterocycles. The van der Waals surface area contributed by atoms with Crippen LogP contribution in [0.3, 0.4) is 0 Å². The number of unbranched alkanes of at least 4 members (excludes halogenated alkanes) is 50. The van der Waals surface area contributed by atoms with Gasteiger partial charge in [-0.15, -0.1) is 0 Å². The lowest BCUT2D eigenvalue weighted by atomic mass is 10.0. The number of allylic oxidation sites excluding steroid dienone is 2. The van der Waals surface area contributed by atoms with Gasteiger partial charge in [-0.2, -0.15) is 0 Å². The Hall–Kier alpha value is -1.85. The fraction of sp³-hybridized carbons (Fsp3) is 0.926. The van der Waals surface area contributed by atoms with Gasteiger partial charge in [0.2, 0.25) is 0 Å². The topological polar surface area (TPSA) is 78.9 Å². The molecule has 0 aromatic carbocycles. The molecule has 0 aromatic heterocycles. The second-order valence-electron chi connectivity index (χ2n) is 23.1. The van der Waals surface area contributed by atoms with Crippen molar-refractivity contribution in [2.24, 2.45) is 0 Å². The van der Waals surface area contributed by atoms with Gasteiger partial charge in [0.1, 0.15) is 13.2 Å². The highest BCUT2D eigenvalue weighted by Crippen LogP contribution is 2.19. The van der Waals surface area contributed by atoms with E-state index in [1.807, 2.05) is 0 Å². The van der Waals surface area contributed by atoms with Crippen LogP contribution in [0.15, 0.2) is 12.2 Å².